The molecule has 0 spiro atoms. The van der Waals surface area contributed by atoms with Crippen molar-refractivity contribution in [3.8, 4) is 0 Å². The third-order valence-corrected chi connectivity index (χ3v) is 2.27. The van der Waals surface area contributed by atoms with Crippen LogP contribution in [0.3, 0.4) is 0 Å². The number of pyridine rings is 1. The first-order valence-corrected chi connectivity index (χ1v) is 4.38. The fourth-order valence-electron chi connectivity index (χ4n) is 1.62. The monoisotopic (exact) mass is 181 g/mol. The summed E-state index contributed by atoms with van der Waals surface area (Å²) in [5, 5.41) is 2.16. The summed E-state index contributed by atoms with van der Waals surface area (Å²) in [6.45, 7) is 0. The predicted octanol–water partition coefficient (Wildman–Crippen LogP) is 2.18. The first-order valence-electron chi connectivity index (χ1n) is 4.38. The smallest absolute Gasteiger partial charge is 0.116 e. The van der Waals surface area contributed by atoms with E-state index in [2.05, 4.69) is 15.0 Å². The van der Waals surface area contributed by atoms with E-state index < -0.39 is 0 Å². The van der Waals surface area contributed by atoms with Crippen LogP contribution in [0, 0.1) is 0 Å². The van der Waals surface area contributed by atoms with Gasteiger partial charge in [0.05, 0.1) is 11.0 Å². The number of hydrogen-bond donors (Lipinski definition) is 0. The zero-order valence-electron chi connectivity index (χ0n) is 7.38. The molecule has 66 valence electrons. The fourth-order valence-corrected chi connectivity index (χ4v) is 1.62. The highest BCUT2D eigenvalue weighted by Gasteiger charge is 2.00. The van der Waals surface area contributed by atoms with Gasteiger partial charge in [0.15, 0.2) is 0 Å². The number of rotatable bonds is 0. The first-order chi connectivity index (χ1) is 6.95. The Kier molecular flexibility index (Phi) is 1.44. The molecule has 0 saturated heterocycles. The number of nitrogens with zero attached hydrogens (tertiary/aromatic N) is 3. The maximum atomic E-state index is 4.28. The molecule has 0 amide bonds. The van der Waals surface area contributed by atoms with Crippen molar-refractivity contribution in [2.45, 2.75) is 0 Å². The molecule has 0 aliphatic rings. The third kappa shape index (κ3) is 0.956. The predicted molar refractivity (Wildman–Crippen MR) is 54.8 cm³/mol. The molecule has 0 fully saturated rings. The molecular weight excluding hydrogens is 174 g/mol. The number of hydrogen-bond acceptors (Lipinski definition) is 3. The van der Waals surface area contributed by atoms with E-state index >= 15 is 0 Å². The Bertz CT molecular complexity index is 550. The van der Waals surface area contributed by atoms with Gasteiger partial charge in [0.25, 0.3) is 0 Å². The molecule has 2 heterocycles. The van der Waals surface area contributed by atoms with Gasteiger partial charge in [-0.25, -0.2) is 9.97 Å². The van der Waals surface area contributed by atoms with Crippen molar-refractivity contribution in [2.75, 3.05) is 0 Å². The van der Waals surface area contributed by atoms with Crippen LogP contribution < -0.4 is 0 Å². The van der Waals surface area contributed by atoms with Crippen LogP contribution in [0.1, 0.15) is 0 Å². The van der Waals surface area contributed by atoms with Crippen molar-refractivity contribution in [3.63, 3.8) is 0 Å². The highest BCUT2D eigenvalue weighted by molar-refractivity contribution is 6.03. The maximum absolute atomic E-state index is 4.28. The van der Waals surface area contributed by atoms with Gasteiger partial charge >= 0.3 is 0 Å². The molecule has 0 saturated carbocycles. The first kappa shape index (κ1) is 7.38. The summed E-state index contributed by atoms with van der Waals surface area (Å²) in [6, 6.07) is 7.90. The van der Waals surface area contributed by atoms with Crippen LogP contribution >= 0.6 is 0 Å². The van der Waals surface area contributed by atoms with Gasteiger partial charge in [-0.2, -0.15) is 0 Å². The molecule has 14 heavy (non-hydrogen) atoms. The van der Waals surface area contributed by atoms with E-state index in [1.165, 1.54) is 0 Å². The topological polar surface area (TPSA) is 38.7 Å². The van der Waals surface area contributed by atoms with Crippen LogP contribution in [0.4, 0.5) is 0 Å². The van der Waals surface area contributed by atoms with Gasteiger partial charge in [-0.3, -0.25) is 4.98 Å². The van der Waals surface area contributed by atoms with E-state index in [0.29, 0.717) is 0 Å². The van der Waals surface area contributed by atoms with Crippen molar-refractivity contribution in [1.82, 2.24) is 15.0 Å². The summed E-state index contributed by atoms with van der Waals surface area (Å²) < 4.78 is 0. The minimum absolute atomic E-state index is 0.959. The lowest BCUT2D eigenvalue weighted by molar-refractivity contribution is 1.22. The van der Waals surface area contributed by atoms with Gasteiger partial charge in [0, 0.05) is 23.2 Å². The van der Waals surface area contributed by atoms with Crippen LogP contribution in [0.15, 0.2) is 43.0 Å². The Morgan fingerprint density at radius 1 is 0.857 bits per heavy atom. The van der Waals surface area contributed by atoms with E-state index in [0.717, 1.165) is 21.8 Å². The Morgan fingerprint density at radius 3 is 2.64 bits per heavy atom. The lowest BCUT2D eigenvalue weighted by Crippen LogP contribution is -1.84. The van der Waals surface area contributed by atoms with Crippen LogP contribution in [0.5, 0.6) is 0 Å². The van der Waals surface area contributed by atoms with Gasteiger partial charge < -0.3 is 0 Å². The van der Waals surface area contributed by atoms with E-state index in [-0.39, 0.29) is 0 Å². The van der Waals surface area contributed by atoms with Crippen molar-refractivity contribution >= 4 is 21.8 Å². The van der Waals surface area contributed by atoms with E-state index in [9.17, 15) is 0 Å². The van der Waals surface area contributed by atoms with Crippen LogP contribution in [0.2, 0.25) is 0 Å². The molecule has 0 unspecified atom stereocenters. The average Bonchev–Trinajstić information content (AvgIpc) is 2.29. The lowest BCUT2D eigenvalue weighted by Gasteiger charge is -2.00. The maximum Gasteiger partial charge on any atom is 0.116 e. The zero-order chi connectivity index (χ0) is 9.38. The molecule has 3 aromatic rings. The van der Waals surface area contributed by atoms with Crippen LogP contribution in [-0.2, 0) is 0 Å². The second-order valence-electron chi connectivity index (χ2n) is 3.09. The zero-order valence-corrected chi connectivity index (χ0v) is 7.38. The quantitative estimate of drug-likeness (QED) is 0.499. The highest BCUT2D eigenvalue weighted by Crippen LogP contribution is 2.20. The largest absolute Gasteiger partial charge is 0.256 e. The summed E-state index contributed by atoms with van der Waals surface area (Å²) in [5.74, 6) is 0. The molecule has 3 rings (SSSR count). The van der Waals surface area contributed by atoms with Crippen LogP contribution in [0.25, 0.3) is 21.8 Å². The molecule has 3 nitrogen and oxygen atoms in total. The Morgan fingerprint density at radius 2 is 1.71 bits per heavy atom. The van der Waals surface area contributed by atoms with Crippen LogP contribution in [-0.4, -0.2) is 15.0 Å². The SMILES string of the molecule is c1cnc2ccc3ncncc3c2c1. The van der Waals surface area contributed by atoms with Gasteiger partial charge in [-0.05, 0) is 18.2 Å². The number of aromatic nitrogens is 3. The third-order valence-electron chi connectivity index (χ3n) is 2.27. The minimum Gasteiger partial charge on any atom is -0.256 e. The minimum atomic E-state index is 0.959. The molecule has 0 radical (unpaired) electrons. The second-order valence-corrected chi connectivity index (χ2v) is 3.09. The molecule has 3 heteroatoms. The fraction of sp³-hybridized carbons (Fsp3) is 0. The lowest BCUT2D eigenvalue weighted by atomic mass is 10.1. The van der Waals surface area contributed by atoms with Crippen molar-refractivity contribution in [1.29, 1.82) is 0 Å². The summed E-state index contributed by atoms with van der Waals surface area (Å²) in [7, 11) is 0. The summed E-state index contributed by atoms with van der Waals surface area (Å²) in [5.41, 5.74) is 1.94. The molecule has 2 aromatic heterocycles. The Labute approximate surface area is 80.5 Å². The van der Waals surface area contributed by atoms with Crippen molar-refractivity contribution in [2.24, 2.45) is 0 Å². The number of fused-ring (bicyclic) bond motifs is 3. The molecule has 0 bridgehead atoms. The molecule has 1 aromatic carbocycles. The molecule has 0 atom stereocenters. The number of benzene rings is 1. The van der Waals surface area contributed by atoms with E-state index in [1.807, 2.05) is 30.5 Å². The Balaban J connectivity index is 2.61. The highest BCUT2D eigenvalue weighted by atomic mass is 14.8. The van der Waals surface area contributed by atoms with E-state index in [1.54, 1.807) is 12.5 Å². The summed E-state index contributed by atoms with van der Waals surface area (Å²) >= 11 is 0. The molecule has 0 aliphatic heterocycles. The molecule has 0 aliphatic carbocycles. The molecule has 0 N–H and O–H groups in total. The normalized spacial score (nSPS) is 10.9. The van der Waals surface area contributed by atoms with Gasteiger partial charge in [0.2, 0.25) is 0 Å². The van der Waals surface area contributed by atoms with Gasteiger partial charge in [-0.1, -0.05) is 6.07 Å². The Hall–Kier alpha value is -2.03. The van der Waals surface area contributed by atoms with Gasteiger partial charge in [0.1, 0.15) is 6.33 Å². The standard InChI is InChI=1S/C11H7N3/c1-2-8-9-6-12-7-14-11(9)4-3-10(8)13-5-1/h1-7H. The van der Waals surface area contributed by atoms with Crippen molar-refractivity contribution in [3.05, 3.63) is 43.0 Å². The summed E-state index contributed by atoms with van der Waals surface area (Å²) in [4.78, 5) is 12.5. The summed E-state index contributed by atoms with van der Waals surface area (Å²) in [6.07, 6.45) is 5.18. The second kappa shape index (κ2) is 2.73. The van der Waals surface area contributed by atoms with Crippen molar-refractivity contribution < 1.29 is 0 Å². The van der Waals surface area contributed by atoms with E-state index in [4.69, 9.17) is 0 Å². The van der Waals surface area contributed by atoms with Gasteiger partial charge in [-0.15, -0.1) is 0 Å². The average molecular weight is 181 g/mol. The molecular formula is C11H7N3.